The van der Waals surface area contributed by atoms with Gasteiger partial charge in [0.25, 0.3) is 10.0 Å². The normalized spacial score (nSPS) is 12.0. The number of halogens is 2. The molecule has 0 atom stereocenters. The molecular weight excluding hydrogens is 514 g/mol. The van der Waals surface area contributed by atoms with E-state index in [0.29, 0.717) is 16.7 Å². The lowest BCUT2D eigenvalue weighted by molar-refractivity contribution is 0.0285. The number of aryl methyl sites for hydroxylation is 1. The Balaban J connectivity index is 1.81. The first-order chi connectivity index (χ1) is 17.7. The molecule has 8 nitrogen and oxygen atoms in total. The lowest BCUT2D eigenvalue weighted by Crippen LogP contribution is -2.33. The number of rotatable bonds is 6. The molecule has 2 aromatic carbocycles. The minimum absolute atomic E-state index is 0.0109. The van der Waals surface area contributed by atoms with Crippen LogP contribution in [-0.4, -0.2) is 45.8 Å². The molecule has 0 saturated heterocycles. The van der Waals surface area contributed by atoms with Crippen molar-refractivity contribution in [3.63, 3.8) is 0 Å². The largest absolute Gasteiger partial charge is 0.444 e. The molecule has 11 heteroatoms. The van der Waals surface area contributed by atoms with Crippen LogP contribution in [0.15, 0.2) is 72.0 Å². The third-order valence-corrected chi connectivity index (χ3v) is 7.24. The first kappa shape index (κ1) is 27.1. The molecule has 0 N–H and O–H groups in total. The zero-order valence-electron chi connectivity index (χ0n) is 21.6. The topological polar surface area (TPSA) is 86.4 Å². The van der Waals surface area contributed by atoms with Gasteiger partial charge in [-0.2, -0.15) is 5.10 Å². The quantitative estimate of drug-likeness (QED) is 0.324. The molecule has 0 spiro atoms. The predicted octanol–water partition coefficient (Wildman–Crippen LogP) is 5.44. The summed E-state index contributed by atoms with van der Waals surface area (Å²) >= 11 is 0. The molecule has 2 heterocycles. The highest BCUT2D eigenvalue weighted by molar-refractivity contribution is 7.90. The van der Waals surface area contributed by atoms with Crippen LogP contribution in [0.3, 0.4) is 0 Å². The Morgan fingerprint density at radius 2 is 1.76 bits per heavy atom. The second-order valence-corrected chi connectivity index (χ2v) is 11.7. The fourth-order valence-electron chi connectivity index (χ4n) is 3.89. The second kappa shape index (κ2) is 10.1. The van der Waals surface area contributed by atoms with Crippen LogP contribution in [-0.2, 0) is 28.4 Å². The van der Waals surface area contributed by atoms with Crippen molar-refractivity contribution in [3.05, 3.63) is 84.3 Å². The maximum atomic E-state index is 14.8. The van der Waals surface area contributed by atoms with E-state index in [1.807, 2.05) is 0 Å². The Bertz CT molecular complexity index is 1600. The third kappa shape index (κ3) is 5.77. The van der Waals surface area contributed by atoms with Gasteiger partial charge >= 0.3 is 6.09 Å². The molecular formula is C27H28F2N4O4S. The number of ether oxygens (including phenoxy) is 1. The van der Waals surface area contributed by atoms with Gasteiger partial charge in [-0.3, -0.25) is 4.68 Å². The Labute approximate surface area is 220 Å². The summed E-state index contributed by atoms with van der Waals surface area (Å²) in [6.45, 7) is 5.19. The van der Waals surface area contributed by atoms with E-state index in [0.717, 1.165) is 10.0 Å². The van der Waals surface area contributed by atoms with Gasteiger partial charge in [-0.05, 0) is 68.3 Å². The van der Waals surface area contributed by atoms with Gasteiger partial charge in [0.05, 0.1) is 23.3 Å². The van der Waals surface area contributed by atoms with E-state index in [1.54, 1.807) is 40.1 Å². The number of nitrogens with zero attached hydrogens (tertiary/aromatic N) is 4. The van der Waals surface area contributed by atoms with Crippen molar-refractivity contribution < 1.29 is 26.7 Å². The molecule has 1 amide bonds. The average molecular weight is 543 g/mol. The maximum absolute atomic E-state index is 14.8. The van der Waals surface area contributed by atoms with Crippen molar-refractivity contribution in [1.82, 2.24) is 18.7 Å². The SMILES string of the molecule is CN(Cc1cc(-c2ccccc2F)n(S(=O)(=O)c2cc(F)cc(-c3cnn(C)c3)c2)c1)C(=O)OC(C)(C)C. The zero-order valence-corrected chi connectivity index (χ0v) is 22.5. The summed E-state index contributed by atoms with van der Waals surface area (Å²) in [6, 6.07) is 10.7. The van der Waals surface area contributed by atoms with Crippen molar-refractivity contribution in [2.45, 2.75) is 37.8 Å². The van der Waals surface area contributed by atoms with Gasteiger partial charge in [-0.15, -0.1) is 0 Å². The summed E-state index contributed by atoms with van der Waals surface area (Å²) in [5.41, 5.74) is 0.603. The van der Waals surface area contributed by atoms with Crippen molar-refractivity contribution in [2.75, 3.05) is 7.05 Å². The van der Waals surface area contributed by atoms with E-state index in [9.17, 15) is 22.0 Å². The Hall–Kier alpha value is -3.99. The van der Waals surface area contributed by atoms with Gasteiger partial charge in [-0.25, -0.2) is 26.0 Å². The molecule has 0 unspecified atom stereocenters. The number of hydrogen-bond acceptors (Lipinski definition) is 5. The number of benzene rings is 2. The van der Waals surface area contributed by atoms with Crippen molar-refractivity contribution >= 4 is 16.1 Å². The monoisotopic (exact) mass is 542 g/mol. The number of hydrogen-bond donors (Lipinski definition) is 0. The second-order valence-electron chi connectivity index (χ2n) is 9.93. The third-order valence-electron chi connectivity index (χ3n) is 5.58. The summed E-state index contributed by atoms with van der Waals surface area (Å²) in [5, 5.41) is 4.06. The molecule has 0 bridgehead atoms. The summed E-state index contributed by atoms with van der Waals surface area (Å²) in [5.74, 6) is -1.39. The fourth-order valence-corrected chi connectivity index (χ4v) is 5.34. The van der Waals surface area contributed by atoms with Gasteiger partial charge < -0.3 is 9.64 Å². The Kier molecular flexibility index (Phi) is 7.16. The van der Waals surface area contributed by atoms with Gasteiger partial charge in [0.1, 0.15) is 17.2 Å². The van der Waals surface area contributed by atoms with E-state index >= 15 is 0 Å². The van der Waals surface area contributed by atoms with Gasteiger partial charge in [0, 0.05) is 37.6 Å². The highest BCUT2D eigenvalue weighted by atomic mass is 32.2. The van der Waals surface area contributed by atoms with Crippen LogP contribution in [0.25, 0.3) is 22.4 Å². The van der Waals surface area contributed by atoms with E-state index in [4.69, 9.17) is 4.74 Å². The highest BCUT2D eigenvalue weighted by Gasteiger charge is 2.26. The summed E-state index contributed by atoms with van der Waals surface area (Å²) < 4.78 is 65.0. The lowest BCUT2D eigenvalue weighted by Gasteiger charge is -2.24. The first-order valence-corrected chi connectivity index (χ1v) is 13.1. The van der Waals surface area contributed by atoms with Crippen LogP contribution in [0.4, 0.5) is 13.6 Å². The molecule has 200 valence electrons. The van der Waals surface area contributed by atoms with Crippen LogP contribution in [0.5, 0.6) is 0 Å². The molecule has 0 aliphatic rings. The summed E-state index contributed by atoms with van der Waals surface area (Å²) in [6.07, 6.45) is 3.82. The lowest BCUT2D eigenvalue weighted by atomic mass is 10.1. The van der Waals surface area contributed by atoms with Crippen LogP contribution in [0, 0.1) is 11.6 Å². The molecule has 4 rings (SSSR count). The van der Waals surface area contributed by atoms with Crippen LogP contribution < -0.4 is 0 Å². The van der Waals surface area contributed by atoms with Crippen molar-refractivity contribution in [1.29, 1.82) is 0 Å². The molecule has 0 aliphatic heterocycles. The van der Waals surface area contributed by atoms with E-state index in [-0.39, 0.29) is 22.7 Å². The van der Waals surface area contributed by atoms with E-state index in [1.165, 1.54) is 65.4 Å². The Morgan fingerprint density at radius 3 is 2.39 bits per heavy atom. The van der Waals surface area contributed by atoms with Crippen LogP contribution in [0.1, 0.15) is 26.3 Å². The number of aromatic nitrogens is 3. The number of amides is 1. The molecule has 0 saturated carbocycles. The van der Waals surface area contributed by atoms with Gasteiger partial charge in [-0.1, -0.05) is 12.1 Å². The molecule has 0 aliphatic carbocycles. The van der Waals surface area contributed by atoms with E-state index < -0.39 is 33.4 Å². The smallest absolute Gasteiger partial charge is 0.410 e. The molecule has 0 radical (unpaired) electrons. The van der Waals surface area contributed by atoms with Crippen LogP contribution >= 0.6 is 0 Å². The average Bonchev–Trinajstić information content (AvgIpc) is 3.44. The zero-order chi connectivity index (χ0) is 27.8. The Morgan fingerprint density at radius 1 is 1.05 bits per heavy atom. The number of carbonyl (C=O) groups is 1. The molecule has 38 heavy (non-hydrogen) atoms. The van der Waals surface area contributed by atoms with Gasteiger partial charge in [0.15, 0.2) is 0 Å². The number of carbonyl (C=O) groups excluding carboxylic acids is 1. The standard InChI is InChI=1S/C27H28F2N4O4S/c1-27(2,3)37-26(34)31(4)15-18-10-25(23-8-6-7-9-24(23)29)33(16-18)38(35,36)22-12-19(11-21(28)13-22)20-14-30-32(5)17-20/h6-14,16-17H,15H2,1-5H3. The summed E-state index contributed by atoms with van der Waals surface area (Å²) in [4.78, 5) is 13.4. The van der Waals surface area contributed by atoms with Crippen LogP contribution in [0.2, 0.25) is 0 Å². The minimum atomic E-state index is -4.40. The summed E-state index contributed by atoms with van der Waals surface area (Å²) in [7, 11) is -1.20. The van der Waals surface area contributed by atoms with Gasteiger partial charge in [0.2, 0.25) is 0 Å². The molecule has 0 fully saturated rings. The molecule has 2 aromatic heterocycles. The van der Waals surface area contributed by atoms with Crippen molar-refractivity contribution in [2.24, 2.45) is 7.05 Å². The van der Waals surface area contributed by atoms with E-state index in [2.05, 4.69) is 5.10 Å². The molecule has 4 aromatic rings. The highest BCUT2D eigenvalue weighted by Crippen LogP contribution is 2.31. The van der Waals surface area contributed by atoms with Crippen molar-refractivity contribution in [3.8, 4) is 22.4 Å². The minimum Gasteiger partial charge on any atom is -0.444 e. The maximum Gasteiger partial charge on any atom is 0.410 e. The fraction of sp³-hybridized carbons (Fsp3) is 0.259. The predicted molar refractivity (Wildman–Crippen MR) is 139 cm³/mol. The first-order valence-electron chi connectivity index (χ1n) is 11.7.